The number of hydrogen-bond donors (Lipinski definition) is 1. The molecule has 0 saturated carbocycles. The minimum Gasteiger partial charge on any atom is -0.382 e. The van der Waals surface area contributed by atoms with Crippen LogP contribution < -0.4 is 5.32 Å². The molecule has 1 rings (SSSR count). The average Bonchev–Trinajstić information content (AvgIpc) is 2.43. The molecular weight excluding hydrogens is 278 g/mol. The van der Waals surface area contributed by atoms with Crippen molar-refractivity contribution in [1.29, 1.82) is 0 Å². The highest BCUT2D eigenvalue weighted by Crippen LogP contribution is 2.22. The topological polar surface area (TPSA) is 64.6 Å². The van der Waals surface area contributed by atoms with E-state index in [4.69, 9.17) is 9.47 Å². The van der Waals surface area contributed by atoms with Crippen molar-refractivity contribution in [2.24, 2.45) is 0 Å². The zero-order chi connectivity index (χ0) is 15.0. The van der Waals surface area contributed by atoms with Gasteiger partial charge in [-0.05, 0) is 18.6 Å². The Bertz CT molecular complexity index is 502. The van der Waals surface area contributed by atoms with Gasteiger partial charge in [-0.25, -0.2) is 8.42 Å². The van der Waals surface area contributed by atoms with E-state index in [1.165, 1.54) is 0 Å². The van der Waals surface area contributed by atoms with E-state index < -0.39 is 9.84 Å². The molecule has 5 nitrogen and oxygen atoms in total. The highest BCUT2D eigenvalue weighted by atomic mass is 32.2. The van der Waals surface area contributed by atoms with Crippen LogP contribution in [-0.2, 0) is 19.3 Å². The zero-order valence-corrected chi connectivity index (χ0v) is 13.1. The molecule has 0 heterocycles. The zero-order valence-electron chi connectivity index (χ0n) is 12.3. The van der Waals surface area contributed by atoms with Gasteiger partial charge in [-0.2, -0.15) is 0 Å². The Morgan fingerprint density at radius 2 is 1.95 bits per heavy atom. The van der Waals surface area contributed by atoms with Crippen molar-refractivity contribution in [2.45, 2.75) is 24.3 Å². The predicted octanol–water partition coefficient (Wildman–Crippen LogP) is 1.94. The fraction of sp³-hybridized carbons (Fsp3) is 0.571. The first kappa shape index (κ1) is 16.9. The molecule has 0 aliphatic heterocycles. The number of sulfone groups is 1. The fourth-order valence-electron chi connectivity index (χ4n) is 1.88. The smallest absolute Gasteiger partial charge is 0.180 e. The van der Waals surface area contributed by atoms with Gasteiger partial charge in [0.15, 0.2) is 9.84 Å². The third-order valence-electron chi connectivity index (χ3n) is 2.90. The molecule has 0 saturated heterocycles. The van der Waals surface area contributed by atoms with E-state index in [9.17, 15) is 8.42 Å². The third-order valence-corrected chi connectivity index (χ3v) is 4.87. The maximum absolute atomic E-state index is 12.2. The summed E-state index contributed by atoms with van der Waals surface area (Å²) in [5, 5.41) is 3.13. The fourth-order valence-corrected chi connectivity index (χ4v) is 3.40. The van der Waals surface area contributed by atoms with Gasteiger partial charge in [0.2, 0.25) is 0 Å². The lowest BCUT2D eigenvalue weighted by Crippen LogP contribution is -2.27. The standard InChI is InChI=1S/C14H23NO4S/c1-4-9-20(16,17)14-8-6-5-7-13(14)15-10-12(19-3)11-18-2/h5-8,12,15H,4,9-11H2,1-3H3. The molecule has 0 aromatic heterocycles. The minimum absolute atomic E-state index is 0.123. The van der Waals surface area contributed by atoms with E-state index in [1.54, 1.807) is 32.4 Å². The van der Waals surface area contributed by atoms with Crippen LogP contribution in [0, 0.1) is 0 Å². The van der Waals surface area contributed by atoms with Crippen LogP contribution in [0.15, 0.2) is 29.2 Å². The second-order valence-corrected chi connectivity index (χ2v) is 6.59. The number of anilines is 1. The number of hydrogen-bond acceptors (Lipinski definition) is 5. The summed E-state index contributed by atoms with van der Waals surface area (Å²) in [4.78, 5) is 0.342. The molecule has 0 radical (unpaired) electrons. The second kappa shape index (κ2) is 8.24. The Morgan fingerprint density at radius 3 is 2.55 bits per heavy atom. The maximum Gasteiger partial charge on any atom is 0.180 e. The van der Waals surface area contributed by atoms with Gasteiger partial charge in [0.1, 0.15) is 0 Å². The minimum atomic E-state index is -3.24. The molecule has 0 aliphatic carbocycles. The number of benzene rings is 1. The van der Waals surface area contributed by atoms with E-state index in [1.807, 2.05) is 13.0 Å². The van der Waals surface area contributed by atoms with E-state index in [0.717, 1.165) is 0 Å². The summed E-state index contributed by atoms with van der Waals surface area (Å²) in [6.07, 6.45) is 0.475. The molecular formula is C14H23NO4S. The summed E-state index contributed by atoms with van der Waals surface area (Å²) in [5.74, 6) is 0.150. The quantitative estimate of drug-likeness (QED) is 0.755. The molecule has 6 heteroatoms. The number of methoxy groups -OCH3 is 2. The van der Waals surface area contributed by atoms with Crippen molar-refractivity contribution in [1.82, 2.24) is 0 Å². The van der Waals surface area contributed by atoms with Crippen LogP contribution in [0.2, 0.25) is 0 Å². The van der Waals surface area contributed by atoms with Gasteiger partial charge in [-0.1, -0.05) is 19.1 Å². The first-order chi connectivity index (χ1) is 9.55. The summed E-state index contributed by atoms with van der Waals surface area (Å²) in [5.41, 5.74) is 0.610. The molecule has 114 valence electrons. The van der Waals surface area contributed by atoms with Crippen LogP contribution in [0.25, 0.3) is 0 Å². The van der Waals surface area contributed by atoms with Crippen LogP contribution in [-0.4, -0.2) is 47.6 Å². The summed E-state index contributed by atoms with van der Waals surface area (Å²) in [6, 6.07) is 6.94. The van der Waals surface area contributed by atoms with Crippen molar-refractivity contribution < 1.29 is 17.9 Å². The van der Waals surface area contributed by atoms with Crippen LogP contribution in [0.1, 0.15) is 13.3 Å². The number of para-hydroxylation sites is 1. The highest BCUT2D eigenvalue weighted by Gasteiger charge is 2.18. The summed E-state index contributed by atoms with van der Waals surface area (Å²) < 4.78 is 34.7. The van der Waals surface area contributed by atoms with E-state index >= 15 is 0 Å². The maximum atomic E-state index is 12.2. The number of ether oxygens (including phenoxy) is 2. The molecule has 1 unspecified atom stereocenters. The molecule has 1 aromatic rings. The summed E-state index contributed by atoms with van der Waals surface area (Å²) >= 11 is 0. The molecule has 1 aromatic carbocycles. The van der Waals surface area contributed by atoms with Gasteiger partial charge in [-0.3, -0.25) is 0 Å². The first-order valence-corrected chi connectivity index (χ1v) is 8.27. The number of rotatable bonds is 9. The van der Waals surface area contributed by atoms with Gasteiger partial charge in [-0.15, -0.1) is 0 Å². The summed E-state index contributed by atoms with van der Waals surface area (Å²) in [7, 11) is -0.0373. The lowest BCUT2D eigenvalue weighted by atomic mass is 10.3. The molecule has 20 heavy (non-hydrogen) atoms. The molecule has 0 fully saturated rings. The van der Waals surface area contributed by atoms with Gasteiger partial charge >= 0.3 is 0 Å². The molecule has 0 spiro atoms. The van der Waals surface area contributed by atoms with Crippen molar-refractivity contribution in [3.8, 4) is 0 Å². The van der Waals surface area contributed by atoms with Gasteiger partial charge < -0.3 is 14.8 Å². The van der Waals surface area contributed by atoms with Crippen molar-refractivity contribution in [3.63, 3.8) is 0 Å². The molecule has 0 aliphatic rings. The van der Waals surface area contributed by atoms with E-state index in [0.29, 0.717) is 30.2 Å². The van der Waals surface area contributed by atoms with Crippen LogP contribution in [0.3, 0.4) is 0 Å². The first-order valence-electron chi connectivity index (χ1n) is 6.62. The van der Waals surface area contributed by atoms with Crippen molar-refractivity contribution >= 4 is 15.5 Å². The van der Waals surface area contributed by atoms with Crippen molar-refractivity contribution in [2.75, 3.05) is 38.4 Å². The van der Waals surface area contributed by atoms with Crippen LogP contribution >= 0.6 is 0 Å². The highest BCUT2D eigenvalue weighted by molar-refractivity contribution is 7.91. The molecule has 1 N–H and O–H groups in total. The lowest BCUT2D eigenvalue weighted by molar-refractivity contribution is 0.0365. The Balaban J connectivity index is 2.86. The number of nitrogens with one attached hydrogen (secondary N) is 1. The Kier molecular flexibility index (Phi) is 6.98. The largest absolute Gasteiger partial charge is 0.382 e. The van der Waals surface area contributed by atoms with Gasteiger partial charge in [0, 0.05) is 20.8 Å². The second-order valence-electron chi connectivity index (χ2n) is 4.51. The lowest BCUT2D eigenvalue weighted by Gasteiger charge is -2.17. The monoisotopic (exact) mass is 301 g/mol. The molecule has 0 amide bonds. The average molecular weight is 301 g/mol. The van der Waals surface area contributed by atoms with E-state index in [2.05, 4.69) is 5.32 Å². The molecule has 0 bridgehead atoms. The summed E-state index contributed by atoms with van der Waals surface area (Å²) in [6.45, 7) is 2.80. The van der Waals surface area contributed by atoms with E-state index in [-0.39, 0.29) is 11.9 Å². The normalized spacial score (nSPS) is 13.2. The third kappa shape index (κ3) is 4.77. The van der Waals surface area contributed by atoms with Gasteiger partial charge in [0.25, 0.3) is 0 Å². The Morgan fingerprint density at radius 1 is 1.25 bits per heavy atom. The van der Waals surface area contributed by atoms with Crippen LogP contribution in [0.4, 0.5) is 5.69 Å². The Labute approximate surface area is 121 Å². The SMILES string of the molecule is CCCS(=O)(=O)c1ccccc1NCC(COC)OC. The predicted molar refractivity (Wildman–Crippen MR) is 79.9 cm³/mol. The Hall–Kier alpha value is -1.11. The van der Waals surface area contributed by atoms with Crippen LogP contribution in [0.5, 0.6) is 0 Å². The molecule has 1 atom stereocenters. The van der Waals surface area contributed by atoms with Gasteiger partial charge in [0.05, 0.1) is 29.0 Å². The van der Waals surface area contributed by atoms with Crippen molar-refractivity contribution in [3.05, 3.63) is 24.3 Å².